The van der Waals surface area contributed by atoms with Gasteiger partial charge in [-0.1, -0.05) is 0 Å². The molecular formula is C15H17FN6O2. The smallest absolute Gasteiger partial charge is 0.257 e. The second kappa shape index (κ2) is 5.66. The van der Waals surface area contributed by atoms with E-state index in [-0.39, 0.29) is 18.0 Å². The fourth-order valence-corrected chi connectivity index (χ4v) is 2.60. The van der Waals surface area contributed by atoms with Crippen LogP contribution in [0.4, 0.5) is 4.39 Å². The Kier molecular flexibility index (Phi) is 3.78. The van der Waals surface area contributed by atoms with Gasteiger partial charge in [0.2, 0.25) is 5.91 Å². The molecule has 1 saturated heterocycles. The number of hydrogen-bond donors (Lipinski definition) is 1. The van der Waals surface area contributed by atoms with Crippen LogP contribution in [0.3, 0.4) is 0 Å². The van der Waals surface area contributed by atoms with Crippen molar-refractivity contribution < 1.29 is 14.0 Å². The lowest BCUT2D eigenvalue weighted by Crippen LogP contribution is -2.62. The van der Waals surface area contributed by atoms with Crippen LogP contribution < -0.4 is 5.32 Å². The minimum Gasteiger partial charge on any atom is -0.352 e. The first-order valence-corrected chi connectivity index (χ1v) is 7.43. The zero-order valence-electron chi connectivity index (χ0n) is 13.6. The standard InChI is InChI=1S/C15H17FN6O2/c1-9-18-19-20-22(9)10-4-5-11(12(16)6-10)14(24)21-7-13(23)17-8-15(21,2)3/h4-6H,7-8H2,1-3H3,(H,17,23). The predicted molar refractivity (Wildman–Crippen MR) is 82.0 cm³/mol. The third-order valence-corrected chi connectivity index (χ3v) is 4.05. The Balaban J connectivity index is 1.93. The number of aryl methyl sites for hydroxylation is 1. The van der Waals surface area contributed by atoms with Crippen molar-refractivity contribution in [2.24, 2.45) is 0 Å². The highest BCUT2D eigenvalue weighted by Crippen LogP contribution is 2.22. The molecule has 0 bridgehead atoms. The van der Waals surface area contributed by atoms with Crippen LogP contribution in [0.1, 0.15) is 30.0 Å². The van der Waals surface area contributed by atoms with E-state index in [4.69, 9.17) is 0 Å². The molecule has 1 aliphatic heterocycles. The maximum absolute atomic E-state index is 14.5. The Morgan fingerprint density at radius 2 is 2.12 bits per heavy atom. The highest BCUT2D eigenvalue weighted by atomic mass is 19.1. The predicted octanol–water partition coefficient (Wildman–Crippen LogP) is 0.460. The number of nitrogens with zero attached hydrogens (tertiary/aromatic N) is 5. The van der Waals surface area contributed by atoms with Crippen molar-refractivity contribution >= 4 is 11.8 Å². The first-order chi connectivity index (χ1) is 11.3. The van der Waals surface area contributed by atoms with Crippen LogP contribution in [0.2, 0.25) is 0 Å². The van der Waals surface area contributed by atoms with E-state index in [1.54, 1.807) is 13.0 Å². The molecule has 8 nitrogen and oxygen atoms in total. The summed E-state index contributed by atoms with van der Waals surface area (Å²) in [5.41, 5.74) is -0.267. The van der Waals surface area contributed by atoms with Gasteiger partial charge in [-0.25, -0.2) is 4.39 Å². The van der Waals surface area contributed by atoms with Crippen molar-refractivity contribution in [3.8, 4) is 5.69 Å². The monoisotopic (exact) mass is 332 g/mol. The maximum atomic E-state index is 14.5. The lowest BCUT2D eigenvalue weighted by molar-refractivity contribution is -0.126. The fraction of sp³-hybridized carbons (Fsp3) is 0.400. The first kappa shape index (κ1) is 16.0. The Hall–Kier alpha value is -2.84. The summed E-state index contributed by atoms with van der Waals surface area (Å²) in [4.78, 5) is 25.7. The molecule has 2 aromatic rings. The molecule has 2 amide bonds. The number of piperazine rings is 1. The van der Waals surface area contributed by atoms with Gasteiger partial charge in [-0.2, -0.15) is 4.68 Å². The number of carbonyl (C=O) groups is 2. The molecule has 126 valence electrons. The van der Waals surface area contributed by atoms with Crippen molar-refractivity contribution in [2.75, 3.05) is 13.1 Å². The lowest BCUT2D eigenvalue weighted by atomic mass is 9.98. The average molecular weight is 332 g/mol. The lowest BCUT2D eigenvalue weighted by Gasteiger charge is -2.42. The molecular weight excluding hydrogens is 315 g/mol. The molecule has 0 unspecified atom stereocenters. The number of rotatable bonds is 2. The molecule has 1 aromatic carbocycles. The van der Waals surface area contributed by atoms with Gasteiger partial charge < -0.3 is 10.2 Å². The van der Waals surface area contributed by atoms with Crippen LogP contribution in [-0.4, -0.2) is 55.5 Å². The third kappa shape index (κ3) is 2.72. The van der Waals surface area contributed by atoms with Crippen molar-refractivity contribution in [2.45, 2.75) is 26.3 Å². The molecule has 1 fully saturated rings. The Bertz CT molecular complexity index is 816. The molecule has 0 saturated carbocycles. The van der Waals surface area contributed by atoms with E-state index in [1.807, 2.05) is 13.8 Å². The van der Waals surface area contributed by atoms with E-state index in [9.17, 15) is 14.0 Å². The van der Waals surface area contributed by atoms with Gasteiger partial charge in [0, 0.05) is 12.6 Å². The molecule has 1 aliphatic rings. The third-order valence-electron chi connectivity index (χ3n) is 4.05. The number of nitrogens with one attached hydrogen (secondary N) is 1. The topological polar surface area (TPSA) is 93.0 Å². The van der Waals surface area contributed by atoms with Crippen molar-refractivity contribution in [3.63, 3.8) is 0 Å². The second-order valence-corrected chi connectivity index (χ2v) is 6.28. The van der Waals surface area contributed by atoms with Crippen LogP contribution in [0, 0.1) is 12.7 Å². The van der Waals surface area contributed by atoms with Crippen LogP contribution in [0.15, 0.2) is 18.2 Å². The van der Waals surface area contributed by atoms with E-state index in [2.05, 4.69) is 20.8 Å². The quantitative estimate of drug-likeness (QED) is 0.862. The molecule has 9 heteroatoms. The summed E-state index contributed by atoms with van der Waals surface area (Å²) in [5.74, 6) is -0.965. The molecule has 24 heavy (non-hydrogen) atoms. The molecule has 0 atom stereocenters. The van der Waals surface area contributed by atoms with E-state index in [0.29, 0.717) is 18.1 Å². The van der Waals surface area contributed by atoms with Crippen LogP contribution in [0.5, 0.6) is 0 Å². The van der Waals surface area contributed by atoms with Gasteiger partial charge in [-0.15, -0.1) is 5.10 Å². The minimum absolute atomic E-state index is 0.0905. The molecule has 0 aliphatic carbocycles. The van der Waals surface area contributed by atoms with Crippen molar-refractivity contribution in [3.05, 3.63) is 35.4 Å². The zero-order chi connectivity index (χ0) is 17.5. The number of halogens is 1. The SMILES string of the molecule is Cc1nnnn1-c1ccc(C(=O)N2CC(=O)NCC2(C)C)c(F)c1. The molecule has 1 aromatic heterocycles. The number of carbonyl (C=O) groups excluding carboxylic acids is 2. The molecule has 1 N–H and O–H groups in total. The number of aromatic nitrogens is 4. The molecule has 0 radical (unpaired) electrons. The second-order valence-electron chi connectivity index (χ2n) is 6.28. The van der Waals surface area contributed by atoms with Crippen LogP contribution in [-0.2, 0) is 4.79 Å². The highest BCUT2D eigenvalue weighted by Gasteiger charge is 2.37. The van der Waals surface area contributed by atoms with Crippen molar-refractivity contribution in [1.82, 2.24) is 30.4 Å². The molecule has 3 rings (SSSR count). The number of tetrazole rings is 1. The van der Waals surface area contributed by atoms with Gasteiger partial charge >= 0.3 is 0 Å². The number of amides is 2. The Labute approximate surface area is 137 Å². The van der Waals surface area contributed by atoms with Gasteiger partial charge in [-0.3, -0.25) is 9.59 Å². The van der Waals surface area contributed by atoms with E-state index in [1.165, 1.54) is 21.7 Å². The summed E-state index contributed by atoms with van der Waals surface area (Å²) in [6.45, 7) is 5.55. The van der Waals surface area contributed by atoms with Crippen LogP contribution >= 0.6 is 0 Å². The largest absolute Gasteiger partial charge is 0.352 e. The summed E-state index contributed by atoms with van der Waals surface area (Å²) in [6.07, 6.45) is 0. The summed E-state index contributed by atoms with van der Waals surface area (Å²) in [6, 6.07) is 4.15. The summed E-state index contributed by atoms with van der Waals surface area (Å²) >= 11 is 0. The normalized spacial score (nSPS) is 16.8. The van der Waals surface area contributed by atoms with E-state index < -0.39 is 17.3 Å². The highest BCUT2D eigenvalue weighted by molar-refractivity contribution is 5.98. The van der Waals surface area contributed by atoms with Gasteiger partial charge in [-0.05, 0) is 43.3 Å². The zero-order valence-corrected chi connectivity index (χ0v) is 13.6. The Morgan fingerprint density at radius 3 is 2.75 bits per heavy atom. The minimum atomic E-state index is -0.686. The molecule has 2 heterocycles. The Morgan fingerprint density at radius 1 is 1.38 bits per heavy atom. The maximum Gasteiger partial charge on any atom is 0.257 e. The van der Waals surface area contributed by atoms with Crippen molar-refractivity contribution in [1.29, 1.82) is 0 Å². The fourth-order valence-electron chi connectivity index (χ4n) is 2.60. The van der Waals surface area contributed by atoms with Crippen LogP contribution in [0.25, 0.3) is 5.69 Å². The number of benzene rings is 1. The van der Waals surface area contributed by atoms with Gasteiger partial charge in [0.25, 0.3) is 5.91 Å². The van der Waals surface area contributed by atoms with Gasteiger partial charge in [0.15, 0.2) is 5.82 Å². The average Bonchev–Trinajstić information content (AvgIpc) is 2.95. The number of hydrogen-bond acceptors (Lipinski definition) is 5. The summed E-state index contributed by atoms with van der Waals surface area (Å²) in [7, 11) is 0. The van der Waals surface area contributed by atoms with Gasteiger partial charge in [0.1, 0.15) is 12.4 Å². The van der Waals surface area contributed by atoms with E-state index in [0.717, 1.165) is 0 Å². The molecule has 0 spiro atoms. The first-order valence-electron chi connectivity index (χ1n) is 7.43. The summed E-state index contributed by atoms with van der Waals surface area (Å²) < 4.78 is 15.9. The summed E-state index contributed by atoms with van der Waals surface area (Å²) in [5, 5.41) is 13.7. The van der Waals surface area contributed by atoms with E-state index >= 15 is 0 Å². The van der Waals surface area contributed by atoms with Gasteiger partial charge in [0.05, 0.1) is 16.8 Å².